The second-order valence-corrected chi connectivity index (χ2v) is 7.19. The molecule has 0 atom stereocenters. The maximum Gasteiger partial charge on any atom is 0.321 e. The summed E-state index contributed by atoms with van der Waals surface area (Å²) in [6, 6.07) is 12.2. The number of carbonyl (C=O) groups is 3. The van der Waals surface area contributed by atoms with Gasteiger partial charge >= 0.3 is 6.03 Å². The van der Waals surface area contributed by atoms with Crippen molar-refractivity contribution < 1.29 is 18.8 Å². The van der Waals surface area contributed by atoms with Gasteiger partial charge in [-0.2, -0.15) is 0 Å². The van der Waals surface area contributed by atoms with E-state index in [1.807, 2.05) is 30.3 Å². The molecule has 3 N–H and O–H groups in total. The second kappa shape index (κ2) is 9.41. The highest BCUT2D eigenvalue weighted by molar-refractivity contribution is 9.10. The van der Waals surface area contributed by atoms with Crippen molar-refractivity contribution in [3.8, 4) is 0 Å². The van der Waals surface area contributed by atoms with Gasteiger partial charge < -0.3 is 25.3 Å². The molecule has 0 spiro atoms. The summed E-state index contributed by atoms with van der Waals surface area (Å²) in [4.78, 5) is 37.9. The lowest BCUT2D eigenvalue weighted by Gasteiger charge is -2.32. The van der Waals surface area contributed by atoms with E-state index in [0.717, 1.165) is 5.69 Å². The van der Waals surface area contributed by atoms with Crippen LogP contribution >= 0.6 is 15.9 Å². The van der Waals surface area contributed by atoms with Crippen LogP contribution in [0.25, 0.3) is 0 Å². The van der Waals surface area contributed by atoms with Crippen molar-refractivity contribution in [3.05, 3.63) is 52.9 Å². The Bertz CT molecular complexity index is 831. The van der Waals surface area contributed by atoms with E-state index >= 15 is 0 Å². The number of nitrogens with zero attached hydrogens (tertiary/aromatic N) is 1. The molecule has 1 saturated heterocycles. The Morgan fingerprint density at radius 2 is 1.79 bits per heavy atom. The lowest BCUT2D eigenvalue weighted by molar-refractivity contribution is -0.121. The molecule has 3 rings (SSSR count). The third kappa shape index (κ3) is 5.59. The van der Waals surface area contributed by atoms with Crippen molar-refractivity contribution in [2.24, 2.45) is 0 Å². The predicted molar refractivity (Wildman–Crippen MR) is 107 cm³/mol. The van der Waals surface area contributed by atoms with Gasteiger partial charge in [0.15, 0.2) is 10.4 Å². The van der Waals surface area contributed by atoms with Crippen molar-refractivity contribution in [3.63, 3.8) is 0 Å². The molecule has 0 bridgehead atoms. The summed E-state index contributed by atoms with van der Waals surface area (Å²) < 4.78 is 5.58. The first-order valence-electron chi connectivity index (χ1n) is 8.95. The molecule has 1 aromatic carbocycles. The molecule has 1 fully saturated rings. The molecule has 2 aromatic rings. The molecule has 8 nitrogen and oxygen atoms in total. The van der Waals surface area contributed by atoms with Gasteiger partial charge in [0.05, 0.1) is 6.54 Å². The highest BCUT2D eigenvalue weighted by Gasteiger charge is 2.24. The monoisotopic (exact) mass is 448 g/mol. The molecule has 4 amide bonds. The molecule has 0 saturated carbocycles. The van der Waals surface area contributed by atoms with Crippen LogP contribution in [-0.4, -0.2) is 48.4 Å². The quantitative estimate of drug-likeness (QED) is 0.653. The van der Waals surface area contributed by atoms with Crippen LogP contribution in [0.5, 0.6) is 0 Å². The maximum absolute atomic E-state index is 12.3. The zero-order valence-corrected chi connectivity index (χ0v) is 16.7. The summed E-state index contributed by atoms with van der Waals surface area (Å²) in [5.74, 6) is -0.586. The molecule has 0 unspecified atom stereocenters. The number of benzene rings is 1. The van der Waals surface area contributed by atoms with E-state index in [0.29, 0.717) is 30.6 Å². The van der Waals surface area contributed by atoms with Crippen molar-refractivity contribution >= 4 is 39.5 Å². The maximum atomic E-state index is 12.3. The number of likely N-dealkylation sites (tertiary alicyclic amines) is 1. The van der Waals surface area contributed by atoms with Gasteiger partial charge in [0, 0.05) is 24.8 Å². The van der Waals surface area contributed by atoms with Crippen molar-refractivity contribution in [2.45, 2.75) is 18.9 Å². The average Bonchev–Trinajstić information content (AvgIpc) is 3.14. The van der Waals surface area contributed by atoms with Gasteiger partial charge in [-0.25, -0.2) is 4.79 Å². The Labute approximate surface area is 170 Å². The minimum absolute atomic E-state index is 0.0251. The first-order chi connectivity index (χ1) is 13.5. The van der Waals surface area contributed by atoms with Gasteiger partial charge in [0.25, 0.3) is 5.91 Å². The third-order valence-corrected chi connectivity index (χ3v) is 4.81. The number of para-hydroxylation sites is 1. The number of piperidine rings is 1. The molecule has 2 heterocycles. The molecule has 0 aliphatic carbocycles. The van der Waals surface area contributed by atoms with Crippen molar-refractivity contribution in [1.29, 1.82) is 0 Å². The molecular formula is C19H21BrN4O4. The Hall–Kier alpha value is -2.81. The van der Waals surface area contributed by atoms with Gasteiger partial charge in [0.1, 0.15) is 0 Å². The number of carbonyl (C=O) groups excluding carboxylic acids is 3. The lowest BCUT2D eigenvalue weighted by atomic mass is 10.1. The number of hydrogen-bond acceptors (Lipinski definition) is 4. The lowest BCUT2D eigenvalue weighted by Crippen LogP contribution is -2.49. The molecule has 1 aliphatic heterocycles. The van der Waals surface area contributed by atoms with Crippen LogP contribution in [0.4, 0.5) is 10.5 Å². The minimum Gasteiger partial charge on any atom is -0.444 e. The zero-order chi connectivity index (χ0) is 19.9. The van der Waals surface area contributed by atoms with Crippen LogP contribution in [0.1, 0.15) is 23.4 Å². The Morgan fingerprint density at radius 3 is 2.43 bits per heavy atom. The van der Waals surface area contributed by atoms with E-state index in [1.165, 1.54) is 6.07 Å². The minimum atomic E-state index is -0.451. The van der Waals surface area contributed by atoms with Crippen molar-refractivity contribution in [1.82, 2.24) is 15.5 Å². The standard InChI is InChI=1S/C19H21BrN4O4/c20-16-7-6-15(28-16)18(26)21-12-17(25)22-14-8-10-24(11-9-14)19(27)23-13-4-2-1-3-5-13/h1-7,14H,8-12H2,(H,21,26)(H,22,25)(H,23,27). The summed E-state index contributed by atoms with van der Waals surface area (Å²) in [6.07, 6.45) is 1.32. The molecule has 148 valence electrons. The number of amides is 4. The third-order valence-electron chi connectivity index (χ3n) is 4.38. The summed E-state index contributed by atoms with van der Waals surface area (Å²) in [6.45, 7) is 0.971. The van der Waals surface area contributed by atoms with Gasteiger partial charge in [0.2, 0.25) is 5.91 Å². The normalized spacial score (nSPS) is 14.4. The largest absolute Gasteiger partial charge is 0.444 e. The Kier molecular flexibility index (Phi) is 6.70. The number of halogens is 1. The Balaban J connectivity index is 1.37. The topological polar surface area (TPSA) is 104 Å². The molecule has 1 aromatic heterocycles. The molecule has 0 radical (unpaired) electrons. The molecule has 28 heavy (non-hydrogen) atoms. The highest BCUT2D eigenvalue weighted by Crippen LogP contribution is 2.14. The van der Waals surface area contributed by atoms with Gasteiger partial charge in [-0.1, -0.05) is 18.2 Å². The van der Waals surface area contributed by atoms with Crippen LogP contribution in [0, 0.1) is 0 Å². The van der Waals surface area contributed by atoms with Gasteiger partial charge in [-0.3, -0.25) is 9.59 Å². The second-order valence-electron chi connectivity index (χ2n) is 6.41. The molecular weight excluding hydrogens is 428 g/mol. The highest BCUT2D eigenvalue weighted by atomic mass is 79.9. The fourth-order valence-electron chi connectivity index (χ4n) is 2.91. The van der Waals surface area contributed by atoms with E-state index in [1.54, 1.807) is 11.0 Å². The number of rotatable bonds is 5. The zero-order valence-electron chi connectivity index (χ0n) is 15.1. The van der Waals surface area contributed by atoms with Crippen LogP contribution in [0.15, 0.2) is 51.6 Å². The average molecular weight is 449 g/mol. The van der Waals surface area contributed by atoms with Crippen molar-refractivity contribution in [2.75, 3.05) is 25.0 Å². The summed E-state index contributed by atoms with van der Waals surface area (Å²) in [5.41, 5.74) is 0.752. The predicted octanol–water partition coefficient (Wildman–Crippen LogP) is 2.58. The SMILES string of the molecule is O=C(CNC(=O)c1ccc(Br)o1)NC1CCN(C(=O)Nc2ccccc2)CC1. The van der Waals surface area contributed by atoms with E-state index in [-0.39, 0.29) is 30.3 Å². The number of nitrogens with one attached hydrogen (secondary N) is 3. The van der Waals surface area contributed by atoms with E-state index in [2.05, 4.69) is 31.9 Å². The summed E-state index contributed by atoms with van der Waals surface area (Å²) >= 11 is 3.12. The van der Waals surface area contributed by atoms with Crippen LogP contribution in [-0.2, 0) is 4.79 Å². The molecule has 9 heteroatoms. The number of anilines is 1. The first kappa shape index (κ1) is 19.9. The number of furan rings is 1. The van der Waals surface area contributed by atoms with E-state index in [4.69, 9.17) is 4.42 Å². The van der Waals surface area contributed by atoms with Gasteiger partial charge in [-0.15, -0.1) is 0 Å². The first-order valence-corrected chi connectivity index (χ1v) is 9.74. The Morgan fingerprint density at radius 1 is 1.07 bits per heavy atom. The van der Waals surface area contributed by atoms with Crippen LogP contribution in [0.3, 0.4) is 0 Å². The van der Waals surface area contributed by atoms with Gasteiger partial charge in [-0.05, 0) is 53.0 Å². The summed E-state index contributed by atoms with van der Waals surface area (Å²) in [5, 5.41) is 8.26. The number of hydrogen-bond donors (Lipinski definition) is 3. The fraction of sp³-hybridized carbons (Fsp3) is 0.316. The smallest absolute Gasteiger partial charge is 0.321 e. The van der Waals surface area contributed by atoms with Crippen LogP contribution in [0.2, 0.25) is 0 Å². The van der Waals surface area contributed by atoms with Crippen LogP contribution < -0.4 is 16.0 Å². The number of urea groups is 1. The summed E-state index contributed by atoms with van der Waals surface area (Å²) in [7, 11) is 0. The molecule has 1 aliphatic rings. The fourth-order valence-corrected chi connectivity index (χ4v) is 3.22. The van der Waals surface area contributed by atoms with E-state index in [9.17, 15) is 14.4 Å². The van der Waals surface area contributed by atoms with E-state index < -0.39 is 5.91 Å².